The molecule has 0 fully saturated rings. The van der Waals surface area contributed by atoms with Crippen LogP contribution in [0, 0.1) is 20.8 Å². The van der Waals surface area contributed by atoms with Crippen molar-refractivity contribution in [3.63, 3.8) is 0 Å². The van der Waals surface area contributed by atoms with E-state index in [2.05, 4.69) is 0 Å². The normalized spacial score (nSPS) is 12.9. The van der Waals surface area contributed by atoms with Crippen molar-refractivity contribution in [1.82, 2.24) is 4.98 Å². The van der Waals surface area contributed by atoms with E-state index in [9.17, 15) is 9.90 Å². The van der Waals surface area contributed by atoms with Crippen molar-refractivity contribution >= 4 is 33.5 Å². The number of rotatable bonds is 4. The van der Waals surface area contributed by atoms with Crippen LogP contribution in [0.5, 0.6) is 0 Å². The summed E-state index contributed by atoms with van der Waals surface area (Å²) in [6, 6.07) is 16.1. The SMILES string of the molecule is Cc1ccc(-c2c([C@H](OC(C)(C)C)C(=O)O)c(C)c3nc(N)c4ccccc4c3c2C)cc1. The molecule has 0 aliphatic rings. The minimum absolute atomic E-state index is 0.429. The van der Waals surface area contributed by atoms with E-state index in [-0.39, 0.29) is 0 Å². The fourth-order valence-corrected chi connectivity index (χ4v) is 4.59. The van der Waals surface area contributed by atoms with E-state index in [0.717, 1.165) is 44.0 Å². The van der Waals surface area contributed by atoms with Gasteiger partial charge in [-0.05, 0) is 69.2 Å². The Morgan fingerprint density at radius 2 is 1.58 bits per heavy atom. The molecule has 0 amide bonds. The van der Waals surface area contributed by atoms with Gasteiger partial charge in [0, 0.05) is 16.3 Å². The summed E-state index contributed by atoms with van der Waals surface area (Å²) in [6.45, 7) is 11.6. The number of aryl methyl sites for hydroxylation is 3. The van der Waals surface area contributed by atoms with Gasteiger partial charge in [0.25, 0.3) is 0 Å². The summed E-state index contributed by atoms with van der Waals surface area (Å²) in [7, 11) is 0. The molecule has 1 atom stereocenters. The average Bonchev–Trinajstić information content (AvgIpc) is 2.74. The molecule has 170 valence electrons. The monoisotopic (exact) mass is 442 g/mol. The minimum atomic E-state index is -1.15. The summed E-state index contributed by atoms with van der Waals surface area (Å²) in [5.74, 6) is -0.604. The summed E-state index contributed by atoms with van der Waals surface area (Å²) in [6.07, 6.45) is -1.15. The van der Waals surface area contributed by atoms with Crippen LogP contribution in [0.3, 0.4) is 0 Å². The molecule has 33 heavy (non-hydrogen) atoms. The summed E-state index contributed by atoms with van der Waals surface area (Å²) in [4.78, 5) is 17.3. The van der Waals surface area contributed by atoms with Crippen molar-refractivity contribution in [3.8, 4) is 11.1 Å². The second-order valence-electron chi connectivity index (χ2n) is 9.62. The first-order valence-corrected chi connectivity index (χ1v) is 11.1. The van der Waals surface area contributed by atoms with Crippen LogP contribution in [0.1, 0.15) is 49.1 Å². The van der Waals surface area contributed by atoms with Gasteiger partial charge >= 0.3 is 5.97 Å². The number of benzene rings is 3. The summed E-state index contributed by atoms with van der Waals surface area (Å²) in [5.41, 5.74) is 11.7. The maximum Gasteiger partial charge on any atom is 0.337 e. The molecule has 3 aromatic carbocycles. The van der Waals surface area contributed by atoms with E-state index in [1.165, 1.54) is 0 Å². The number of carbonyl (C=O) groups is 1. The highest BCUT2D eigenvalue weighted by molar-refractivity contribution is 6.14. The predicted octanol–water partition coefficient (Wildman–Crippen LogP) is 6.50. The molecule has 3 N–H and O–H groups in total. The Kier molecular flexibility index (Phi) is 5.62. The van der Waals surface area contributed by atoms with Crippen molar-refractivity contribution < 1.29 is 14.6 Å². The number of hydrogen-bond donors (Lipinski definition) is 2. The van der Waals surface area contributed by atoms with Crippen LogP contribution >= 0.6 is 0 Å². The number of fused-ring (bicyclic) bond motifs is 3. The van der Waals surface area contributed by atoms with E-state index in [1.54, 1.807) is 0 Å². The molecule has 0 aliphatic heterocycles. The Balaban J connectivity index is 2.21. The smallest absolute Gasteiger partial charge is 0.337 e. The summed E-state index contributed by atoms with van der Waals surface area (Å²) >= 11 is 0. The highest BCUT2D eigenvalue weighted by atomic mass is 16.5. The number of carboxylic acids is 1. The van der Waals surface area contributed by atoms with Gasteiger partial charge in [0.1, 0.15) is 5.82 Å². The number of aromatic nitrogens is 1. The molecular formula is C28H30N2O3. The molecule has 0 unspecified atom stereocenters. The first-order chi connectivity index (χ1) is 15.5. The van der Waals surface area contributed by atoms with Crippen molar-refractivity contribution in [1.29, 1.82) is 0 Å². The standard InChI is InChI=1S/C28H30N2O3/c1-15-11-13-18(14-12-15)21-16(2)22-19-9-7-8-10-20(19)26(29)30-24(22)17(3)23(21)25(27(31)32)33-28(4,5)6/h7-14,25H,1-6H3,(H2,29,30)(H,31,32)/t25-/m0/s1. The maximum atomic E-state index is 12.5. The first-order valence-electron chi connectivity index (χ1n) is 11.1. The van der Waals surface area contributed by atoms with Crippen LogP contribution < -0.4 is 5.73 Å². The van der Waals surface area contributed by atoms with E-state index < -0.39 is 17.7 Å². The second kappa shape index (κ2) is 8.16. The number of pyridine rings is 1. The van der Waals surface area contributed by atoms with Gasteiger partial charge in [0.15, 0.2) is 6.10 Å². The molecule has 0 bridgehead atoms. The third-order valence-corrected chi connectivity index (χ3v) is 6.02. The lowest BCUT2D eigenvalue weighted by Crippen LogP contribution is -2.28. The van der Waals surface area contributed by atoms with Gasteiger partial charge in [0.05, 0.1) is 11.1 Å². The van der Waals surface area contributed by atoms with E-state index >= 15 is 0 Å². The molecule has 1 aromatic heterocycles. The van der Waals surface area contributed by atoms with Crippen LogP contribution in [-0.4, -0.2) is 21.7 Å². The number of carboxylic acid groups (broad SMARTS) is 1. The van der Waals surface area contributed by atoms with Crippen molar-refractivity contribution in [2.75, 3.05) is 5.73 Å². The number of ether oxygens (including phenoxy) is 1. The molecule has 0 saturated heterocycles. The Hall–Kier alpha value is -3.44. The second-order valence-corrected chi connectivity index (χ2v) is 9.62. The Morgan fingerprint density at radius 3 is 2.15 bits per heavy atom. The van der Waals surface area contributed by atoms with Gasteiger partial charge in [-0.25, -0.2) is 9.78 Å². The van der Waals surface area contributed by atoms with Crippen LogP contribution in [0.2, 0.25) is 0 Å². The predicted molar refractivity (Wildman–Crippen MR) is 135 cm³/mol. The molecule has 0 radical (unpaired) electrons. The van der Waals surface area contributed by atoms with Crippen LogP contribution in [0.15, 0.2) is 48.5 Å². The molecule has 0 spiro atoms. The van der Waals surface area contributed by atoms with Crippen LogP contribution in [0.25, 0.3) is 32.8 Å². The third-order valence-electron chi connectivity index (χ3n) is 6.02. The lowest BCUT2D eigenvalue weighted by Gasteiger charge is -2.29. The van der Waals surface area contributed by atoms with Gasteiger partial charge in [-0.2, -0.15) is 0 Å². The van der Waals surface area contributed by atoms with E-state index in [0.29, 0.717) is 16.9 Å². The zero-order valence-electron chi connectivity index (χ0n) is 20.0. The van der Waals surface area contributed by atoms with Crippen molar-refractivity contribution in [2.45, 2.75) is 53.2 Å². The molecule has 1 heterocycles. The molecule has 0 saturated carbocycles. The lowest BCUT2D eigenvalue weighted by molar-refractivity contribution is -0.160. The molecule has 5 nitrogen and oxygen atoms in total. The largest absolute Gasteiger partial charge is 0.479 e. The topological polar surface area (TPSA) is 85.4 Å². The zero-order chi connectivity index (χ0) is 24.1. The fraction of sp³-hybridized carbons (Fsp3) is 0.286. The van der Waals surface area contributed by atoms with E-state index in [4.69, 9.17) is 15.5 Å². The van der Waals surface area contributed by atoms with E-state index in [1.807, 2.05) is 90.1 Å². The molecular weight excluding hydrogens is 412 g/mol. The first kappa shape index (κ1) is 22.7. The number of nitrogen functional groups attached to an aromatic ring is 1. The van der Waals surface area contributed by atoms with Crippen molar-refractivity contribution in [2.24, 2.45) is 0 Å². The van der Waals surface area contributed by atoms with Gasteiger partial charge in [-0.1, -0.05) is 54.1 Å². The van der Waals surface area contributed by atoms with Crippen LogP contribution in [0.4, 0.5) is 5.82 Å². The Bertz CT molecular complexity index is 1380. The van der Waals surface area contributed by atoms with Gasteiger partial charge < -0.3 is 15.6 Å². The van der Waals surface area contributed by atoms with Crippen LogP contribution in [-0.2, 0) is 9.53 Å². The number of anilines is 1. The number of hydrogen-bond acceptors (Lipinski definition) is 4. The maximum absolute atomic E-state index is 12.5. The van der Waals surface area contributed by atoms with Gasteiger partial charge in [-0.15, -0.1) is 0 Å². The molecule has 4 rings (SSSR count). The molecule has 4 aromatic rings. The average molecular weight is 443 g/mol. The molecule has 5 heteroatoms. The summed E-state index contributed by atoms with van der Waals surface area (Å²) in [5, 5.41) is 13.1. The third kappa shape index (κ3) is 4.05. The number of aliphatic carboxylic acids is 1. The fourth-order valence-electron chi connectivity index (χ4n) is 4.59. The highest BCUT2D eigenvalue weighted by Crippen LogP contribution is 2.44. The highest BCUT2D eigenvalue weighted by Gasteiger charge is 2.33. The lowest BCUT2D eigenvalue weighted by atomic mass is 9.84. The minimum Gasteiger partial charge on any atom is -0.479 e. The van der Waals surface area contributed by atoms with Gasteiger partial charge in [-0.3, -0.25) is 0 Å². The Morgan fingerprint density at radius 1 is 0.970 bits per heavy atom. The number of nitrogens with zero attached hydrogens (tertiary/aromatic N) is 1. The Labute approximate surface area is 194 Å². The van der Waals surface area contributed by atoms with Crippen molar-refractivity contribution in [3.05, 3.63) is 70.8 Å². The number of nitrogens with two attached hydrogens (primary N) is 1. The molecule has 0 aliphatic carbocycles. The van der Waals surface area contributed by atoms with Gasteiger partial charge in [0.2, 0.25) is 0 Å². The zero-order valence-corrected chi connectivity index (χ0v) is 20.0. The summed E-state index contributed by atoms with van der Waals surface area (Å²) < 4.78 is 6.12. The quantitative estimate of drug-likeness (QED) is 0.352.